The first kappa shape index (κ1) is 42.7. The van der Waals surface area contributed by atoms with Crippen LogP contribution in [0, 0.1) is 54.7 Å². The number of hydrogen-bond donors (Lipinski definition) is 0. The number of carbonyl (C=O) groups excluding carboxylic acids is 4. The number of amides is 4. The number of likely N-dealkylation sites (tertiary alicyclic amines) is 1. The molecule has 3 unspecified atom stereocenters. The molecule has 2 aromatic carbocycles. The lowest BCUT2D eigenvalue weighted by Crippen LogP contribution is -2.39. The first-order valence-corrected chi connectivity index (χ1v) is 17.2. The molecule has 3 atom stereocenters. The molecule has 1 saturated heterocycles. The summed E-state index contributed by atoms with van der Waals surface area (Å²) < 4.78 is 0. The Labute approximate surface area is 307 Å². The number of nitrogens with zero attached hydrogens (tertiary/aromatic N) is 6. The van der Waals surface area contributed by atoms with Gasteiger partial charge in [0.25, 0.3) is 23.2 Å². The number of imide groups is 2. The number of hydrogen-bond acceptors (Lipinski definition) is 10. The van der Waals surface area contributed by atoms with E-state index in [0.29, 0.717) is 24.2 Å². The molecule has 3 aliphatic rings. The molecule has 4 amide bonds. The number of fused-ring (bicyclic) bond motifs is 1. The minimum atomic E-state index is -1.25. The van der Waals surface area contributed by atoms with Gasteiger partial charge in [0.15, 0.2) is 0 Å². The summed E-state index contributed by atoms with van der Waals surface area (Å²) in [5.74, 6) is -2.39. The third-order valence-electron chi connectivity index (χ3n) is 8.85. The Morgan fingerprint density at radius 1 is 0.769 bits per heavy atom. The van der Waals surface area contributed by atoms with Gasteiger partial charge in [-0.25, -0.2) is 0 Å². The molecule has 276 valence electrons. The Kier molecular flexibility index (Phi) is 16.3. The summed E-state index contributed by atoms with van der Waals surface area (Å²) >= 11 is 5.58. The standard InChI is InChI=1S/C18H19N3O4.C10H15NO2.C8H5ClN2O2.CH4/c1-2-3-4-5-9-20-16(22)14-15(17(20)23)18(14,11-19)12-7-6-8-13(10-12)21(24)25;1-2-3-4-5-8-11-9(12)6-7-10(11)13;9-8(5-10)6-2-1-3-7(4-6)11(12)13;/h6-8,10,14-15H,2-5,9H2,1H3;6-7H,2-5,8H2,1H3;1-4,8H;1H4. The van der Waals surface area contributed by atoms with E-state index in [1.807, 2.05) is 0 Å². The maximum atomic E-state index is 12.6. The lowest BCUT2D eigenvalue weighted by Gasteiger charge is -2.21. The van der Waals surface area contributed by atoms with Crippen LogP contribution < -0.4 is 0 Å². The van der Waals surface area contributed by atoms with Crippen LogP contribution in [0.25, 0.3) is 0 Å². The van der Waals surface area contributed by atoms with Crippen molar-refractivity contribution in [2.45, 2.75) is 83.4 Å². The van der Waals surface area contributed by atoms with Crippen molar-refractivity contribution < 1.29 is 29.0 Å². The van der Waals surface area contributed by atoms with Crippen LogP contribution in [0.1, 0.15) is 89.1 Å². The van der Waals surface area contributed by atoms with E-state index in [9.17, 15) is 44.7 Å². The highest BCUT2D eigenvalue weighted by Gasteiger charge is 2.79. The smallest absolute Gasteiger partial charge is 0.269 e. The second kappa shape index (κ2) is 19.8. The maximum Gasteiger partial charge on any atom is 0.269 e. The van der Waals surface area contributed by atoms with Crippen molar-refractivity contribution in [3.05, 3.63) is 92.0 Å². The van der Waals surface area contributed by atoms with E-state index in [4.69, 9.17) is 16.9 Å². The van der Waals surface area contributed by atoms with Crippen LogP contribution in [0.4, 0.5) is 11.4 Å². The number of carbonyl (C=O) groups is 4. The van der Waals surface area contributed by atoms with Crippen LogP contribution in [0.2, 0.25) is 0 Å². The second-order valence-electron chi connectivity index (χ2n) is 12.2. The molecule has 1 saturated carbocycles. The van der Waals surface area contributed by atoms with Crippen molar-refractivity contribution in [2.75, 3.05) is 13.1 Å². The minimum Gasteiger partial charge on any atom is -0.282 e. The molecule has 0 N–H and O–H groups in total. The van der Waals surface area contributed by atoms with Crippen LogP contribution in [0.5, 0.6) is 0 Å². The Morgan fingerprint density at radius 2 is 1.25 bits per heavy atom. The average Bonchev–Trinajstić information content (AvgIpc) is 3.64. The fraction of sp³-hybridized carbons (Fsp3) is 0.459. The van der Waals surface area contributed by atoms with Crippen molar-refractivity contribution in [1.29, 1.82) is 10.5 Å². The first-order chi connectivity index (χ1) is 24.4. The molecule has 0 bridgehead atoms. The van der Waals surface area contributed by atoms with Gasteiger partial charge in [0, 0.05) is 49.5 Å². The minimum absolute atomic E-state index is 0. The second-order valence-corrected chi connectivity index (χ2v) is 12.6. The summed E-state index contributed by atoms with van der Waals surface area (Å²) in [6, 6.07) is 15.3. The van der Waals surface area contributed by atoms with Gasteiger partial charge in [-0.05, 0) is 24.0 Å². The number of non-ortho nitro benzene ring substituents is 2. The van der Waals surface area contributed by atoms with Crippen molar-refractivity contribution >= 4 is 46.6 Å². The number of nitro benzene ring substituents is 2. The number of piperidine rings is 1. The van der Waals surface area contributed by atoms with E-state index in [1.165, 1.54) is 71.2 Å². The maximum absolute atomic E-state index is 12.6. The Balaban J connectivity index is 0.000000294. The number of alkyl halides is 1. The number of halogens is 1. The highest BCUT2D eigenvalue weighted by molar-refractivity contribution is 6.22. The van der Waals surface area contributed by atoms with Crippen molar-refractivity contribution in [3.63, 3.8) is 0 Å². The summed E-state index contributed by atoms with van der Waals surface area (Å²) in [7, 11) is 0. The van der Waals surface area contributed by atoms with Gasteiger partial charge < -0.3 is 0 Å². The third kappa shape index (κ3) is 9.86. The topological polar surface area (TPSA) is 209 Å². The predicted octanol–water partition coefficient (Wildman–Crippen LogP) is 7.08. The highest BCUT2D eigenvalue weighted by Crippen LogP contribution is 2.64. The molecule has 52 heavy (non-hydrogen) atoms. The molecule has 2 fully saturated rings. The molecule has 2 heterocycles. The molecule has 5 rings (SSSR count). The van der Waals surface area contributed by atoms with E-state index in [2.05, 4.69) is 19.9 Å². The van der Waals surface area contributed by atoms with E-state index < -0.39 is 32.5 Å². The van der Waals surface area contributed by atoms with Crippen LogP contribution >= 0.6 is 11.6 Å². The lowest BCUT2D eigenvalue weighted by atomic mass is 9.91. The van der Waals surface area contributed by atoms with Crippen LogP contribution in [-0.2, 0) is 24.6 Å². The molecule has 1 aliphatic carbocycles. The number of unbranched alkanes of at least 4 members (excludes halogenated alkanes) is 6. The number of rotatable bonds is 14. The van der Waals surface area contributed by atoms with Crippen molar-refractivity contribution in [1.82, 2.24) is 9.80 Å². The largest absolute Gasteiger partial charge is 0.282 e. The fourth-order valence-corrected chi connectivity index (χ4v) is 6.22. The molecular formula is C37H43ClN6O8. The number of nitriles is 2. The van der Waals surface area contributed by atoms with E-state index in [0.717, 1.165) is 38.5 Å². The van der Waals surface area contributed by atoms with Gasteiger partial charge >= 0.3 is 0 Å². The van der Waals surface area contributed by atoms with Gasteiger partial charge in [-0.3, -0.25) is 49.2 Å². The van der Waals surface area contributed by atoms with Crippen molar-refractivity contribution in [2.24, 2.45) is 11.8 Å². The van der Waals surface area contributed by atoms with E-state index >= 15 is 0 Å². The summed E-state index contributed by atoms with van der Waals surface area (Å²) in [5, 5.41) is 38.6. The Hall–Kier alpha value is -5.47. The molecule has 15 heteroatoms. The molecule has 0 radical (unpaired) electrons. The Morgan fingerprint density at radius 3 is 1.71 bits per heavy atom. The monoisotopic (exact) mass is 734 g/mol. The van der Waals surface area contributed by atoms with Gasteiger partial charge in [0.1, 0.15) is 10.8 Å². The summed E-state index contributed by atoms with van der Waals surface area (Å²) in [6.45, 7) is 5.18. The van der Waals surface area contributed by atoms with Gasteiger partial charge in [-0.15, -0.1) is 11.6 Å². The number of benzene rings is 2. The van der Waals surface area contributed by atoms with Crippen LogP contribution in [-0.4, -0.2) is 56.4 Å². The fourth-order valence-electron chi connectivity index (χ4n) is 6.08. The average molecular weight is 735 g/mol. The Bertz CT molecular complexity index is 1730. The summed E-state index contributed by atoms with van der Waals surface area (Å²) in [6.07, 6.45) is 10.9. The van der Waals surface area contributed by atoms with Gasteiger partial charge in [0.05, 0.1) is 33.8 Å². The van der Waals surface area contributed by atoms with Gasteiger partial charge in [0.2, 0.25) is 11.8 Å². The zero-order valence-corrected chi connectivity index (χ0v) is 29.2. The van der Waals surface area contributed by atoms with E-state index in [1.54, 1.807) is 18.2 Å². The quantitative estimate of drug-likeness (QED) is 0.0633. The zero-order valence-electron chi connectivity index (χ0n) is 28.4. The predicted molar refractivity (Wildman–Crippen MR) is 192 cm³/mol. The molecule has 2 aliphatic heterocycles. The third-order valence-corrected chi connectivity index (χ3v) is 9.20. The molecule has 14 nitrogen and oxygen atoms in total. The summed E-state index contributed by atoms with van der Waals surface area (Å²) in [5.41, 5.74) is -0.628. The normalized spacial score (nSPS) is 19.9. The lowest BCUT2D eigenvalue weighted by molar-refractivity contribution is -0.385. The van der Waals surface area contributed by atoms with Crippen LogP contribution in [0.15, 0.2) is 60.7 Å². The highest BCUT2D eigenvalue weighted by atomic mass is 35.5. The van der Waals surface area contributed by atoms with Crippen LogP contribution in [0.3, 0.4) is 0 Å². The molecule has 0 aromatic heterocycles. The van der Waals surface area contributed by atoms with Gasteiger partial charge in [-0.2, -0.15) is 10.5 Å². The SMILES string of the molecule is C.CCCCCCN1C(=O)C2C(C1=O)C2(C#N)c1cccc([N+](=O)[O-])c1.CCCCCCN1C(=O)C=CC1=O.N#CC(Cl)c1cccc([N+](=O)[O-])c1. The first-order valence-electron chi connectivity index (χ1n) is 16.7. The molecule has 2 aromatic rings. The number of nitro groups is 2. The molecular weight excluding hydrogens is 692 g/mol. The summed E-state index contributed by atoms with van der Waals surface area (Å²) in [4.78, 5) is 70.2. The molecule has 0 spiro atoms. The van der Waals surface area contributed by atoms with E-state index in [-0.39, 0.29) is 42.4 Å². The van der Waals surface area contributed by atoms with Crippen molar-refractivity contribution in [3.8, 4) is 12.1 Å². The zero-order chi connectivity index (χ0) is 37.7. The van der Waals surface area contributed by atoms with Gasteiger partial charge in [-0.1, -0.05) is 84.1 Å².